The summed E-state index contributed by atoms with van der Waals surface area (Å²) in [5, 5.41) is 3.53. The molecule has 0 spiro atoms. The van der Waals surface area contributed by atoms with E-state index < -0.39 is 0 Å². The first-order chi connectivity index (χ1) is 9.67. The summed E-state index contributed by atoms with van der Waals surface area (Å²) in [5.74, 6) is 0. The fourth-order valence-electron chi connectivity index (χ4n) is 2.70. The predicted octanol–water partition coefficient (Wildman–Crippen LogP) is 5.03. The molecule has 0 amide bonds. The number of hydrogen-bond donors (Lipinski definition) is 1. The van der Waals surface area contributed by atoms with E-state index in [0.29, 0.717) is 6.04 Å². The standard InChI is InChI=1S/C19H25N/c1-5-19(20-6-2)17-12-10-16(11-13-17)18-9-7-8-14(3)15(18)4/h7-13,19-20H,5-6H2,1-4H3. The summed E-state index contributed by atoms with van der Waals surface area (Å²) in [5.41, 5.74) is 6.75. The van der Waals surface area contributed by atoms with Gasteiger partial charge in [-0.25, -0.2) is 0 Å². The Morgan fingerprint density at radius 1 is 0.950 bits per heavy atom. The zero-order valence-corrected chi connectivity index (χ0v) is 13.0. The number of rotatable bonds is 5. The van der Waals surface area contributed by atoms with Crippen LogP contribution in [0.4, 0.5) is 0 Å². The fourth-order valence-corrected chi connectivity index (χ4v) is 2.70. The van der Waals surface area contributed by atoms with Crippen molar-refractivity contribution in [1.29, 1.82) is 0 Å². The Morgan fingerprint density at radius 3 is 2.25 bits per heavy atom. The van der Waals surface area contributed by atoms with Crippen molar-refractivity contribution in [3.63, 3.8) is 0 Å². The summed E-state index contributed by atoms with van der Waals surface area (Å²) in [6, 6.07) is 16.0. The lowest BCUT2D eigenvalue weighted by atomic mass is 9.95. The summed E-state index contributed by atoms with van der Waals surface area (Å²) in [6.07, 6.45) is 1.12. The van der Waals surface area contributed by atoms with Crippen molar-refractivity contribution in [3.05, 3.63) is 59.2 Å². The maximum Gasteiger partial charge on any atom is 0.0317 e. The van der Waals surface area contributed by atoms with Crippen LogP contribution in [0, 0.1) is 13.8 Å². The van der Waals surface area contributed by atoms with E-state index in [-0.39, 0.29) is 0 Å². The lowest BCUT2D eigenvalue weighted by molar-refractivity contribution is 0.537. The van der Waals surface area contributed by atoms with Gasteiger partial charge < -0.3 is 5.32 Å². The van der Waals surface area contributed by atoms with Gasteiger partial charge in [-0.15, -0.1) is 0 Å². The molecule has 0 saturated carbocycles. The van der Waals surface area contributed by atoms with E-state index in [9.17, 15) is 0 Å². The molecule has 1 nitrogen and oxygen atoms in total. The number of benzene rings is 2. The molecule has 0 heterocycles. The number of nitrogens with one attached hydrogen (secondary N) is 1. The van der Waals surface area contributed by atoms with Crippen LogP contribution in [-0.4, -0.2) is 6.54 Å². The smallest absolute Gasteiger partial charge is 0.0317 e. The molecule has 0 aliphatic heterocycles. The quantitative estimate of drug-likeness (QED) is 0.801. The molecule has 2 rings (SSSR count). The van der Waals surface area contributed by atoms with Crippen molar-refractivity contribution >= 4 is 0 Å². The van der Waals surface area contributed by atoms with Crippen LogP contribution in [-0.2, 0) is 0 Å². The highest BCUT2D eigenvalue weighted by Crippen LogP contribution is 2.27. The Hall–Kier alpha value is -1.60. The minimum Gasteiger partial charge on any atom is -0.310 e. The van der Waals surface area contributed by atoms with Gasteiger partial charge in [-0.3, -0.25) is 0 Å². The molecule has 2 aromatic carbocycles. The van der Waals surface area contributed by atoms with Gasteiger partial charge in [0, 0.05) is 6.04 Å². The fraction of sp³-hybridized carbons (Fsp3) is 0.368. The topological polar surface area (TPSA) is 12.0 Å². The molecule has 0 aliphatic rings. The van der Waals surface area contributed by atoms with Crippen molar-refractivity contribution < 1.29 is 0 Å². The average Bonchev–Trinajstić information content (AvgIpc) is 2.48. The molecule has 1 heteroatoms. The molecule has 0 bridgehead atoms. The first kappa shape index (κ1) is 14.8. The second-order valence-electron chi connectivity index (χ2n) is 5.39. The molecule has 1 N–H and O–H groups in total. The van der Waals surface area contributed by atoms with E-state index in [4.69, 9.17) is 0 Å². The van der Waals surface area contributed by atoms with Crippen LogP contribution in [0.15, 0.2) is 42.5 Å². The van der Waals surface area contributed by atoms with Crippen molar-refractivity contribution in [2.75, 3.05) is 6.54 Å². The molecule has 0 radical (unpaired) electrons. The first-order valence-corrected chi connectivity index (χ1v) is 7.57. The number of hydrogen-bond acceptors (Lipinski definition) is 1. The molecule has 1 unspecified atom stereocenters. The maximum absolute atomic E-state index is 3.53. The summed E-state index contributed by atoms with van der Waals surface area (Å²) >= 11 is 0. The Balaban J connectivity index is 2.30. The van der Waals surface area contributed by atoms with Gasteiger partial charge in [0.25, 0.3) is 0 Å². The zero-order chi connectivity index (χ0) is 14.5. The molecular formula is C19H25N. The van der Waals surface area contributed by atoms with E-state index in [1.807, 2.05) is 0 Å². The van der Waals surface area contributed by atoms with Crippen LogP contribution in [0.25, 0.3) is 11.1 Å². The van der Waals surface area contributed by atoms with E-state index in [1.54, 1.807) is 0 Å². The zero-order valence-electron chi connectivity index (χ0n) is 13.0. The van der Waals surface area contributed by atoms with Crippen molar-refractivity contribution in [1.82, 2.24) is 5.32 Å². The van der Waals surface area contributed by atoms with Gasteiger partial charge in [-0.2, -0.15) is 0 Å². The first-order valence-electron chi connectivity index (χ1n) is 7.57. The predicted molar refractivity (Wildman–Crippen MR) is 88.1 cm³/mol. The largest absolute Gasteiger partial charge is 0.310 e. The van der Waals surface area contributed by atoms with Crippen LogP contribution >= 0.6 is 0 Å². The van der Waals surface area contributed by atoms with E-state index in [0.717, 1.165) is 13.0 Å². The SMILES string of the molecule is CCNC(CC)c1ccc(-c2cccc(C)c2C)cc1. The highest BCUT2D eigenvalue weighted by Gasteiger charge is 2.08. The van der Waals surface area contributed by atoms with Gasteiger partial charge in [0.1, 0.15) is 0 Å². The van der Waals surface area contributed by atoms with E-state index >= 15 is 0 Å². The second kappa shape index (κ2) is 6.71. The van der Waals surface area contributed by atoms with Crippen LogP contribution in [0.5, 0.6) is 0 Å². The van der Waals surface area contributed by atoms with Gasteiger partial charge in [-0.05, 0) is 54.6 Å². The van der Waals surface area contributed by atoms with Crippen LogP contribution < -0.4 is 5.32 Å². The molecule has 0 fully saturated rings. The van der Waals surface area contributed by atoms with Crippen LogP contribution in [0.3, 0.4) is 0 Å². The molecule has 106 valence electrons. The molecular weight excluding hydrogens is 242 g/mol. The monoisotopic (exact) mass is 267 g/mol. The lowest BCUT2D eigenvalue weighted by Gasteiger charge is -2.17. The summed E-state index contributed by atoms with van der Waals surface area (Å²) in [6.45, 7) is 9.77. The third-order valence-electron chi connectivity index (χ3n) is 4.09. The van der Waals surface area contributed by atoms with Crippen molar-refractivity contribution in [2.45, 2.75) is 40.2 Å². The second-order valence-corrected chi connectivity index (χ2v) is 5.39. The van der Waals surface area contributed by atoms with Crippen molar-refractivity contribution in [3.8, 4) is 11.1 Å². The summed E-state index contributed by atoms with van der Waals surface area (Å²) in [7, 11) is 0. The van der Waals surface area contributed by atoms with Crippen LogP contribution in [0.1, 0.15) is 43.0 Å². The minimum atomic E-state index is 0.465. The van der Waals surface area contributed by atoms with E-state index in [1.165, 1.54) is 27.8 Å². The number of aryl methyl sites for hydroxylation is 1. The Bertz CT molecular complexity index is 554. The minimum absolute atomic E-state index is 0.465. The Labute approximate surface area is 123 Å². The van der Waals surface area contributed by atoms with E-state index in [2.05, 4.69) is 75.5 Å². The average molecular weight is 267 g/mol. The van der Waals surface area contributed by atoms with Gasteiger partial charge in [-0.1, -0.05) is 56.3 Å². The third kappa shape index (κ3) is 3.10. The molecule has 2 aromatic rings. The van der Waals surface area contributed by atoms with Gasteiger partial charge in [0.15, 0.2) is 0 Å². The van der Waals surface area contributed by atoms with Gasteiger partial charge in [0.2, 0.25) is 0 Å². The highest BCUT2D eigenvalue weighted by atomic mass is 14.9. The highest BCUT2D eigenvalue weighted by molar-refractivity contribution is 5.68. The molecule has 0 saturated heterocycles. The Kier molecular flexibility index (Phi) is 4.97. The molecule has 0 aliphatic carbocycles. The van der Waals surface area contributed by atoms with Crippen molar-refractivity contribution in [2.24, 2.45) is 0 Å². The summed E-state index contributed by atoms with van der Waals surface area (Å²) < 4.78 is 0. The molecule has 0 aromatic heterocycles. The third-order valence-corrected chi connectivity index (χ3v) is 4.09. The normalized spacial score (nSPS) is 12.4. The lowest BCUT2D eigenvalue weighted by Crippen LogP contribution is -2.19. The molecule has 1 atom stereocenters. The summed E-state index contributed by atoms with van der Waals surface area (Å²) in [4.78, 5) is 0. The maximum atomic E-state index is 3.53. The van der Waals surface area contributed by atoms with Crippen LogP contribution in [0.2, 0.25) is 0 Å². The Morgan fingerprint density at radius 2 is 1.65 bits per heavy atom. The van der Waals surface area contributed by atoms with Gasteiger partial charge in [0.05, 0.1) is 0 Å². The molecule has 20 heavy (non-hydrogen) atoms. The van der Waals surface area contributed by atoms with Gasteiger partial charge >= 0.3 is 0 Å².